The Morgan fingerprint density at radius 1 is 1.21 bits per heavy atom. The molecule has 0 aliphatic heterocycles. The van der Waals surface area contributed by atoms with Gasteiger partial charge in [-0.3, -0.25) is 14.2 Å². The van der Waals surface area contributed by atoms with Crippen molar-refractivity contribution >= 4 is 16.8 Å². The van der Waals surface area contributed by atoms with Gasteiger partial charge in [0, 0.05) is 20.0 Å². The molecule has 0 fully saturated rings. The standard InChI is InChI=1S/C21H22FN3O3/c1-15-6-5-7-16-20(15)23-14-25(21(16)27)11-10-19(26)24(2)12-13-28-18-9-4-3-8-17(18)22/h3-9,14H,10-13H2,1-2H3. The highest BCUT2D eigenvalue weighted by Crippen LogP contribution is 2.15. The molecule has 28 heavy (non-hydrogen) atoms. The van der Waals surface area contributed by atoms with E-state index >= 15 is 0 Å². The molecule has 0 spiro atoms. The first-order chi connectivity index (χ1) is 13.5. The topological polar surface area (TPSA) is 64.4 Å². The van der Waals surface area contributed by atoms with Gasteiger partial charge in [-0.25, -0.2) is 9.37 Å². The SMILES string of the molecule is Cc1cccc2c(=O)n(CCC(=O)N(C)CCOc3ccccc3F)cnc12. The lowest BCUT2D eigenvalue weighted by atomic mass is 10.1. The molecule has 146 valence electrons. The molecule has 2 aromatic carbocycles. The van der Waals surface area contributed by atoms with Gasteiger partial charge < -0.3 is 9.64 Å². The summed E-state index contributed by atoms with van der Waals surface area (Å²) in [4.78, 5) is 30.7. The smallest absolute Gasteiger partial charge is 0.261 e. The van der Waals surface area contributed by atoms with E-state index in [0.717, 1.165) is 5.56 Å². The molecular formula is C21H22FN3O3. The van der Waals surface area contributed by atoms with Crippen molar-refractivity contribution in [3.63, 3.8) is 0 Å². The summed E-state index contributed by atoms with van der Waals surface area (Å²) in [6.07, 6.45) is 1.64. The Hall–Kier alpha value is -3.22. The molecule has 3 aromatic rings. The van der Waals surface area contributed by atoms with E-state index in [0.29, 0.717) is 17.4 Å². The maximum atomic E-state index is 13.5. The number of hydrogen-bond acceptors (Lipinski definition) is 4. The van der Waals surface area contributed by atoms with Crippen LogP contribution in [0.3, 0.4) is 0 Å². The van der Waals surface area contributed by atoms with Crippen molar-refractivity contribution in [2.75, 3.05) is 20.2 Å². The predicted molar refractivity (Wildman–Crippen MR) is 105 cm³/mol. The Morgan fingerprint density at radius 3 is 2.79 bits per heavy atom. The summed E-state index contributed by atoms with van der Waals surface area (Å²) in [7, 11) is 1.65. The van der Waals surface area contributed by atoms with Crippen LogP contribution in [0.1, 0.15) is 12.0 Å². The molecule has 0 aliphatic rings. The van der Waals surface area contributed by atoms with Crippen molar-refractivity contribution in [1.82, 2.24) is 14.5 Å². The fourth-order valence-electron chi connectivity index (χ4n) is 2.88. The van der Waals surface area contributed by atoms with E-state index in [1.807, 2.05) is 19.1 Å². The van der Waals surface area contributed by atoms with Crippen LogP contribution in [0, 0.1) is 12.7 Å². The van der Waals surface area contributed by atoms with Gasteiger partial charge in [0.05, 0.1) is 23.8 Å². The van der Waals surface area contributed by atoms with Gasteiger partial charge in [0.1, 0.15) is 6.61 Å². The minimum Gasteiger partial charge on any atom is -0.489 e. The zero-order valence-electron chi connectivity index (χ0n) is 15.9. The molecule has 0 aliphatic carbocycles. The number of aryl methyl sites for hydroxylation is 2. The molecule has 0 N–H and O–H groups in total. The molecule has 1 aromatic heterocycles. The van der Waals surface area contributed by atoms with E-state index in [1.54, 1.807) is 25.2 Å². The highest BCUT2D eigenvalue weighted by Gasteiger charge is 2.12. The van der Waals surface area contributed by atoms with Crippen LogP contribution >= 0.6 is 0 Å². The highest BCUT2D eigenvalue weighted by atomic mass is 19.1. The van der Waals surface area contributed by atoms with Gasteiger partial charge in [0.25, 0.3) is 5.56 Å². The number of carbonyl (C=O) groups excluding carboxylic acids is 1. The van der Waals surface area contributed by atoms with Crippen molar-refractivity contribution in [2.24, 2.45) is 0 Å². The Labute approximate surface area is 162 Å². The first-order valence-electron chi connectivity index (χ1n) is 9.03. The normalized spacial score (nSPS) is 10.8. The Bertz CT molecular complexity index is 1050. The molecule has 0 saturated heterocycles. The van der Waals surface area contributed by atoms with Crippen LogP contribution in [-0.4, -0.2) is 40.6 Å². The van der Waals surface area contributed by atoms with E-state index in [4.69, 9.17) is 4.74 Å². The highest BCUT2D eigenvalue weighted by molar-refractivity contribution is 5.80. The van der Waals surface area contributed by atoms with Crippen LogP contribution in [0.4, 0.5) is 4.39 Å². The maximum Gasteiger partial charge on any atom is 0.261 e. The van der Waals surface area contributed by atoms with Crippen LogP contribution in [0.25, 0.3) is 10.9 Å². The second-order valence-corrected chi connectivity index (χ2v) is 6.56. The van der Waals surface area contributed by atoms with E-state index in [-0.39, 0.29) is 36.8 Å². The summed E-state index contributed by atoms with van der Waals surface area (Å²) >= 11 is 0. The van der Waals surface area contributed by atoms with Crippen LogP contribution < -0.4 is 10.3 Å². The minimum atomic E-state index is -0.435. The third-order valence-electron chi connectivity index (χ3n) is 4.57. The van der Waals surface area contributed by atoms with Crippen molar-refractivity contribution in [3.8, 4) is 5.75 Å². The molecule has 0 saturated carbocycles. The maximum absolute atomic E-state index is 13.5. The van der Waals surface area contributed by atoms with Gasteiger partial charge in [-0.1, -0.05) is 24.3 Å². The zero-order valence-corrected chi connectivity index (χ0v) is 15.9. The lowest BCUT2D eigenvalue weighted by Gasteiger charge is -2.18. The number of carbonyl (C=O) groups is 1. The monoisotopic (exact) mass is 383 g/mol. The number of para-hydroxylation sites is 2. The van der Waals surface area contributed by atoms with Crippen LogP contribution in [0.5, 0.6) is 5.75 Å². The number of likely N-dealkylation sites (N-methyl/N-ethyl adjacent to an activating group) is 1. The third kappa shape index (κ3) is 4.36. The average molecular weight is 383 g/mol. The van der Waals surface area contributed by atoms with Gasteiger partial charge >= 0.3 is 0 Å². The van der Waals surface area contributed by atoms with Gasteiger partial charge in [0.2, 0.25) is 5.91 Å². The number of aromatic nitrogens is 2. The molecule has 1 heterocycles. The van der Waals surface area contributed by atoms with Crippen molar-refractivity contribution < 1.29 is 13.9 Å². The molecule has 6 nitrogen and oxygen atoms in total. The second-order valence-electron chi connectivity index (χ2n) is 6.56. The second kappa shape index (κ2) is 8.65. The van der Waals surface area contributed by atoms with Crippen LogP contribution in [-0.2, 0) is 11.3 Å². The lowest BCUT2D eigenvalue weighted by molar-refractivity contribution is -0.130. The van der Waals surface area contributed by atoms with E-state index < -0.39 is 5.82 Å². The third-order valence-corrected chi connectivity index (χ3v) is 4.57. The number of ether oxygens (including phenoxy) is 1. The summed E-state index contributed by atoms with van der Waals surface area (Å²) < 4.78 is 20.3. The number of halogens is 1. The van der Waals surface area contributed by atoms with Gasteiger partial charge in [-0.2, -0.15) is 0 Å². The minimum absolute atomic E-state index is 0.131. The average Bonchev–Trinajstić information content (AvgIpc) is 2.69. The molecular weight excluding hydrogens is 361 g/mol. The molecule has 0 bridgehead atoms. The van der Waals surface area contributed by atoms with Crippen molar-refractivity contribution in [2.45, 2.75) is 19.9 Å². The van der Waals surface area contributed by atoms with Gasteiger partial charge in [-0.05, 0) is 30.7 Å². The van der Waals surface area contributed by atoms with Crippen molar-refractivity contribution in [3.05, 3.63) is 70.5 Å². The zero-order chi connectivity index (χ0) is 20.1. The number of amides is 1. The Morgan fingerprint density at radius 2 is 2.00 bits per heavy atom. The first-order valence-corrected chi connectivity index (χ1v) is 9.03. The van der Waals surface area contributed by atoms with E-state index in [1.165, 1.54) is 27.9 Å². The summed E-state index contributed by atoms with van der Waals surface area (Å²) in [5.74, 6) is -0.407. The summed E-state index contributed by atoms with van der Waals surface area (Å²) in [6, 6.07) is 11.6. The summed E-state index contributed by atoms with van der Waals surface area (Å²) in [5, 5.41) is 0.543. The fourth-order valence-corrected chi connectivity index (χ4v) is 2.88. The summed E-state index contributed by atoms with van der Waals surface area (Å²) in [6.45, 7) is 2.64. The molecule has 0 radical (unpaired) electrons. The quantitative estimate of drug-likeness (QED) is 0.629. The largest absolute Gasteiger partial charge is 0.489 e. The number of hydrogen-bond donors (Lipinski definition) is 0. The Balaban J connectivity index is 1.55. The van der Waals surface area contributed by atoms with Gasteiger partial charge in [0.15, 0.2) is 11.6 Å². The molecule has 3 rings (SSSR count). The molecule has 0 atom stereocenters. The van der Waals surface area contributed by atoms with Crippen LogP contribution in [0.15, 0.2) is 53.6 Å². The predicted octanol–water partition coefficient (Wildman–Crippen LogP) is 2.77. The number of rotatable bonds is 7. The van der Waals surface area contributed by atoms with Crippen LogP contribution in [0.2, 0.25) is 0 Å². The first kappa shape index (κ1) is 19.5. The molecule has 7 heteroatoms. The number of nitrogens with zero attached hydrogens (tertiary/aromatic N) is 3. The fraction of sp³-hybridized carbons (Fsp3) is 0.286. The Kier molecular flexibility index (Phi) is 6.03. The van der Waals surface area contributed by atoms with Gasteiger partial charge in [-0.15, -0.1) is 0 Å². The molecule has 1 amide bonds. The lowest BCUT2D eigenvalue weighted by Crippen LogP contribution is -2.32. The van der Waals surface area contributed by atoms with E-state index in [2.05, 4.69) is 4.98 Å². The molecule has 0 unspecified atom stereocenters. The number of benzene rings is 2. The van der Waals surface area contributed by atoms with E-state index in [9.17, 15) is 14.0 Å². The van der Waals surface area contributed by atoms with Crippen molar-refractivity contribution in [1.29, 1.82) is 0 Å². The summed E-state index contributed by atoms with van der Waals surface area (Å²) in [5.41, 5.74) is 1.46. The number of fused-ring (bicyclic) bond motifs is 1.